The molecule has 0 aromatic rings. The Bertz CT molecular complexity index is 492. The molecule has 2 N–H and O–H groups in total. The van der Waals surface area contributed by atoms with Gasteiger partial charge in [-0.05, 0) is 37.2 Å². The number of carbonyl (C=O) groups excluding carboxylic acids is 2. The standard InChI is InChI=1S/C17H27NO5S2/c19-15-6-2-1-3-7-24-8-4-5-12-9-13(22-15)10-17(21,23-12)14-11-25-16(20)18-14/h12-14,21H,1-11H2,(H,18,20)/t12-,13-,14?,17-/m1/s1. The Balaban J connectivity index is 1.68. The van der Waals surface area contributed by atoms with Crippen molar-refractivity contribution in [1.82, 2.24) is 5.32 Å². The molecule has 2 bridgehead atoms. The van der Waals surface area contributed by atoms with E-state index in [0.717, 1.165) is 55.4 Å². The van der Waals surface area contributed by atoms with Gasteiger partial charge in [-0.15, -0.1) is 0 Å². The molecule has 4 atom stereocenters. The molecule has 3 heterocycles. The third-order valence-electron chi connectivity index (χ3n) is 4.92. The number of nitrogens with one attached hydrogen (secondary N) is 1. The van der Waals surface area contributed by atoms with Gasteiger partial charge in [0.15, 0.2) is 5.79 Å². The van der Waals surface area contributed by atoms with Crippen molar-refractivity contribution < 1.29 is 24.2 Å². The van der Waals surface area contributed by atoms with Crippen LogP contribution in [-0.2, 0) is 14.3 Å². The highest BCUT2D eigenvalue weighted by atomic mass is 32.2. The van der Waals surface area contributed by atoms with Gasteiger partial charge in [-0.3, -0.25) is 9.59 Å². The number of fused-ring (bicyclic) bond motifs is 2. The fraction of sp³-hybridized carbons (Fsp3) is 0.882. The maximum absolute atomic E-state index is 12.1. The predicted octanol–water partition coefficient (Wildman–Crippen LogP) is 2.68. The molecule has 1 amide bonds. The van der Waals surface area contributed by atoms with E-state index in [1.54, 1.807) is 0 Å². The smallest absolute Gasteiger partial charge is 0.306 e. The minimum atomic E-state index is -1.46. The van der Waals surface area contributed by atoms with Gasteiger partial charge in [-0.2, -0.15) is 11.8 Å². The predicted molar refractivity (Wildman–Crippen MR) is 98.7 cm³/mol. The number of aliphatic hydroxyl groups is 1. The second-order valence-electron chi connectivity index (χ2n) is 7.00. The molecule has 0 radical (unpaired) electrons. The largest absolute Gasteiger partial charge is 0.462 e. The highest BCUT2D eigenvalue weighted by Crippen LogP contribution is 2.36. The van der Waals surface area contributed by atoms with Gasteiger partial charge in [-0.1, -0.05) is 18.2 Å². The first-order chi connectivity index (χ1) is 12.0. The summed E-state index contributed by atoms with van der Waals surface area (Å²) in [4.78, 5) is 23.6. The molecule has 0 aliphatic carbocycles. The number of hydrogen-bond acceptors (Lipinski definition) is 7. The van der Waals surface area contributed by atoms with Gasteiger partial charge >= 0.3 is 5.97 Å². The molecule has 0 saturated carbocycles. The molecular weight excluding hydrogens is 362 g/mol. The van der Waals surface area contributed by atoms with E-state index in [4.69, 9.17) is 9.47 Å². The number of carbonyl (C=O) groups is 2. The van der Waals surface area contributed by atoms with E-state index in [0.29, 0.717) is 18.6 Å². The molecule has 25 heavy (non-hydrogen) atoms. The zero-order valence-corrected chi connectivity index (χ0v) is 16.0. The molecule has 0 spiro atoms. The van der Waals surface area contributed by atoms with Crippen LogP contribution in [0.1, 0.15) is 51.4 Å². The van der Waals surface area contributed by atoms with Crippen LogP contribution in [0.4, 0.5) is 4.79 Å². The third-order valence-corrected chi connectivity index (χ3v) is 6.95. The van der Waals surface area contributed by atoms with E-state index in [2.05, 4.69) is 5.32 Å². The van der Waals surface area contributed by atoms with Crippen LogP contribution in [0.3, 0.4) is 0 Å². The van der Waals surface area contributed by atoms with E-state index in [-0.39, 0.29) is 29.8 Å². The van der Waals surface area contributed by atoms with Crippen LogP contribution in [0, 0.1) is 0 Å². The van der Waals surface area contributed by atoms with Gasteiger partial charge in [0, 0.05) is 25.0 Å². The normalized spacial score (nSPS) is 38.5. The van der Waals surface area contributed by atoms with Crippen LogP contribution in [0.15, 0.2) is 0 Å². The van der Waals surface area contributed by atoms with Gasteiger partial charge in [0.1, 0.15) is 6.10 Å². The third kappa shape index (κ3) is 5.52. The summed E-state index contributed by atoms with van der Waals surface area (Å²) < 4.78 is 11.6. The van der Waals surface area contributed by atoms with E-state index in [9.17, 15) is 14.7 Å². The quantitative estimate of drug-likeness (QED) is 0.667. The lowest BCUT2D eigenvalue weighted by Gasteiger charge is -2.43. The first kappa shape index (κ1) is 19.3. The van der Waals surface area contributed by atoms with Crippen molar-refractivity contribution in [2.75, 3.05) is 17.3 Å². The highest BCUT2D eigenvalue weighted by Gasteiger charge is 2.49. The molecule has 3 rings (SSSR count). The fourth-order valence-electron chi connectivity index (χ4n) is 3.62. The van der Waals surface area contributed by atoms with E-state index in [1.165, 1.54) is 0 Å². The lowest BCUT2D eigenvalue weighted by atomic mass is 9.92. The number of hydrogen-bond donors (Lipinski definition) is 2. The van der Waals surface area contributed by atoms with E-state index < -0.39 is 11.8 Å². The summed E-state index contributed by atoms with van der Waals surface area (Å²) in [7, 11) is 0. The van der Waals surface area contributed by atoms with Gasteiger partial charge in [0.2, 0.25) is 0 Å². The monoisotopic (exact) mass is 389 g/mol. The molecule has 3 fully saturated rings. The Morgan fingerprint density at radius 2 is 1.96 bits per heavy atom. The Kier molecular flexibility index (Phi) is 6.93. The Morgan fingerprint density at radius 3 is 2.76 bits per heavy atom. The summed E-state index contributed by atoms with van der Waals surface area (Å²) in [6, 6.07) is -0.456. The van der Waals surface area contributed by atoms with Crippen LogP contribution in [0.25, 0.3) is 0 Å². The fourth-order valence-corrected chi connectivity index (χ4v) is 5.49. The second kappa shape index (κ2) is 8.97. The van der Waals surface area contributed by atoms with Crippen LogP contribution in [0.5, 0.6) is 0 Å². The van der Waals surface area contributed by atoms with Crippen molar-refractivity contribution in [1.29, 1.82) is 0 Å². The SMILES string of the molecule is O=C1CCCCCSCCC[C@@H]2C[C@H](C[C@](O)(C3CSC(=O)N3)O2)O1. The minimum absolute atomic E-state index is 0.142. The van der Waals surface area contributed by atoms with Crippen molar-refractivity contribution in [2.45, 2.75) is 75.4 Å². The summed E-state index contributed by atoms with van der Waals surface area (Å²) in [5, 5.41) is 13.7. The van der Waals surface area contributed by atoms with Gasteiger partial charge in [-0.25, -0.2) is 0 Å². The topological polar surface area (TPSA) is 84.9 Å². The number of amides is 1. The van der Waals surface area contributed by atoms with Gasteiger partial charge in [0.25, 0.3) is 5.24 Å². The first-order valence-electron chi connectivity index (χ1n) is 9.16. The number of thioether (sulfide) groups is 2. The van der Waals surface area contributed by atoms with Crippen molar-refractivity contribution in [3.63, 3.8) is 0 Å². The average Bonchev–Trinajstić information content (AvgIpc) is 2.99. The lowest BCUT2D eigenvalue weighted by molar-refractivity contribution is -0.283. The molecule has 0 aromatic carbocycles. The van der Waals surface area contributed by atoms with Crippen LogP contribution in [-0.4, -0.2) is 57.6 Å². The number of rotatable bonds is 1. The second-order valence-corrected chi connectivity index (χ2v) is 9.21. The molecule has 0 aromatic heterocycles. The summed E-state index contributed by atoms with van der Waals surface area (Å²) in [6.45, 7) is 0. The van der Waals surface area contributed by atoms with Gasteiger partial charge < -0.3 is 19.9 Å². The maximum atomic E-state index is 12.1. The van der Waals surface area contributed by atoms with E-state index >= 15 is 0 Å². The maximum Gasteiger partial charge on any atom is 0.306 e. The molecule has 1 unspecified atom stereocenters. The number of ether oxygens (including phenoxy) is 2. The molecule has 8 heteroatoms. The molecular formula is C17H27NO5S2. The van der Waals surface area contributed by atoms with Crippen LogP contribution < -0.4 is 5.32 Å². The zero-order valence-electron chi connectivity index (χ0n) is 14.4. The van der Waals surface area contributed by atoms with Crippen molar-refractivity contribution >= 4 is 34.7 Å². The summed E-state index contributed by atoms with van der Waals surface area (Å²) in [5.41, 5.74) is 0. The first-order valence-corrected chi connectivity index (χ1v) is 11.3. The molecule has 3 saturated heterocycles. The molecule has 142 valence electrons. The summed E-state index contributed by atoms with van der Waals surface area (Å²) in [6.07, 6.45) is 5.65. The Morgan fingerprint density at radius 1 is 1.12 bits per heavy atom. The molecule has 3 aliphatic heterocycles. The van der Waals surface area contributed by atoms with Gasteiger partial charge in [0.05, 0.1) is 12.1 Å². The highest BCUT2D eigenvalue weighted by molar-refractivity contribution is 8.14. The number of esters is 1. The van der Waals surface area contributed by atoms with Crippen LogP contribution >= 0.6 is 23.5 Å². The Labute approximate surface area is 157 Å². The minimum Gasteiger partial charge on any atom is -0.462 e. The van der Waals surface area contributed by atoms with Crippen molar-refractivity contribution in [3.8, 4) is 0 Å². The average molecular weight is 390 g/mol. The lowest BCUT2D eigenvalue weighted by Crippen LogP contribution is -2.58. The van der Waals surface area contributed by atoms with E-state index in [1.807, 2.05) is 11.8 Å². The molecule has 3 aliphatic rings. The zero-order chi connectivity index (χ0) is 17.7. The summed E-state index contributed by atoms with van der Waals surface area (Å²) >= 11 is 3.10. The van der Waals surface area contributed by atoms with Crippen molar-refractivity contribution in [3.05, 3.63) is 0 Å². The summed E-state index contributed by atoms with van der Waals surface area (Å²) in [5.74, 6) is 1.02. The Hall–Kier alpha value is -0.440. The van der Waals surface area contributed by atoms with Crippen molar-refractivity contribution in [2.24, 2.45) is 0 Å². The molecule has 6 nitrogen and oxygen atoms in total. The van der Waals surface area contributed by atoms with Crippen LogP contribution in [0.2, 0.25) is 0 Å².